The highest BCUT2D eigenvalue weighted by Gasteiger charge is 2.31. The molecule has 1 aliphatic rings. The zero-order valence-electron chi connectivity index (χ0n) is 11.9. The molecule has 1 aromatic rings. The maximum Gasteiger partial charge on any atom is 0.228 e. The van der Waals surface area contributed by atoms with Crippen molar-refractivity contribution in [1.29, 1.82) is 0 Å². The Kier molecular flexibility index (Phi) is 4.95. The summed E-state index contributed by atoms with van der Waals surface area (Å²) in [6, 6.07) is 5.65. The van der Waals surface area contributed by atoms with Crippen LogP contribution in [-0.4, -0.2) is 37.5 Å². The Bertz CT molecular complexity index is 618. The lowest BCUT2D eigenvalue weighted by Crippen LogP contribution is -2.44. The van der Waals surface area contributed by atoms with Gasteiger partial charge in [0.1, 0.15) is 5.82 Å². The molecule has 1 aromatic carbocycles. The smallest absolute Gasteiger partial charge is 0.228 e. The first-order chi connectivity index (χ1) is 9.92. The highest BCUT2D eigenvalue weighted by Crippen LogP contribution is 2.21. The van der Waals surface area contributed by atoms with Crippen LogP contribution in [0, 0.1) is 11.7 Å². The van der Waals surface area contributed by atoms with E-state index in [2.05, 4.69) is 5.32 Å². The topological polar surface area (TPSA) is 66.5 Å². The van der Waals surface area contributed by atoms with Gasteiger partial charge in [-0.1, -0.05) is 6.07 Å². The molecule has 21 heavy (non-hydrogen) atoms. The van der Waals surface area contributed by atoms with E-state index < -0.39 is 21.8 Å². The second kappa shape index (κ2) is 6.53. The number of amides is 1. The van der Waals surface area contributed by atoms with Crippen molar-refractivity contribution in [2.24, 2.45) is 5.92 Å². The van der Waals surface area contributed by atoms with E-state index in [-0.39, 0.29) is 18.2 Å². The summed E-state index contributed by atoms with van der Waals surface area (Å²) >= 11 is 0. The molecular formula is C14H19FN2O3S. The van der Waals surface area contributed by atoms with Crippen molar-refractivity contribution in [2.45, 2.75) is 19.8 Å². The van der Waals surface area contributed by atoms with E-state index in [1.807, 2.05) is 0 Å². The minimum Gasteiger partial charge on any atom is -0.326 e. The number of sulfonamides is 1. The minimum atomic E-state index is -3.27. The fourth-order valence-corrected chi connectivity index (χ4v) is 3.58. The zero-order valence-corrected chi connectivity index (χ0v) is 12.7. The SMILES string of the molecule is CCS(=O)(=O)N1CCCC(C(=O)Nc2cccc(F)c2)C1. The average molecular weight is 314 g/mol. The second-order valence-electron chi connectivity index (χ2n) is 5.10. The number of piperidine rings is 1. The van der Waals surface area contributed by atoms with Gasteiger partial charge >= 0.3 is 0 Å². The molecule has 1 N–H and O–H groups in total. The molecule has 1 unspecified atom stereocenters. The first-order valence-electron chi connectivity index (χ1n) is 6.96. The normalized spacial score (nSPS) is 20.2. The van der Waals surface area contributed by atoms with Gasteiger partial charge in [0.15, 0.2) is 0 Å². The molecule has 0 aliphatic carbocycles. The lowest BCUT2D eigenvalue weighted by Gasteiger charge is -2.30. The minimum absolute atomic E-state index is 0.0330. The lowest BCUT2D eigenvalue weighted by molar-refractivity contribution is -0.120. The number of hydrogen-bond donors (Lipinski definition) is 1. The summed E-state index contributed by atoms with van der Waals surface area (Å²) in [4.78, 5) is 12.2. The van der Waals surface area contributed by atoms with Gasteiger partial charge < -0.3 is 5.32 Å². The third-order valence-corrected chi connectivity index (χ3v) is 5.45. The molecule has 0 radical (unpaired) electrons. The highest BCUT2D eigenvalue weighted by atomic mass is 32.2. The molecule has 0 saturated carbocycles. The van der Waals surface area contributed by atoms with Crippen LogP contribution in [0.1, 0.15) is 19.8 Å². The molecule has 0 spiro atoms. The van der Waals surface area contributed by atoms with Gasteiger partial charge in [0, 0.05) is 18.8 Å². The standard InChI is InChI=1S/C14H19FN2O3S/c1-2-21(19,20)17-8-4-5-11(10-17)14(18)16-13-7-3-6-12(15)9-13/h3,6-7,9,11H,2,4-5,8,10H2,1H3,(H,16,18). The predicted molar refractivity (Wildman–Crippen MR) is 78.8 cm³/mol. The quantitative estimate of drug-likeness (QED) is 0.922. The van der Waals surface area contributed by atoms with Crippen molar-refractivity contribution in [3.8, 4) is 0 Å². The molecular weight excluding hydrogens is 295 g/mol. The van der Waals surface area contributed by atoms with Crippen LogP contribution in [0.15, 0.2) is 24.3 Å². The number of anilines is 1. The Morgan fingerprint density at radius 1 is 1.48 bits per heavy atom. The largest absolute Gasteiger partial charge is 0.326 e. The number of hydrogen-bond acceptors (Lipinski definition) is 3. The molecule has 7 heteroatoms. The van der Waals surface area contributed by atoms with Gasteiger partial charge in [0.25, 0.3) is 0 Å². The van der Waals surface area contributed by atoms with Crippen molar-refractivity contribution < 1.29 is 17.6 Å². The number of benzene rings is 1. The fourth-order valence-electron chi connectivity index (χ4n) is 2.40. The van der Waals surface area contributed by atoms with E-state index in [9.17, 15) is 17.6 Å². The number of halogens is 1. The number of rotatable bonds is 4. The van der Waals surface area contributed by atoms with Crippen LogP contribution >= 0.6 is 0 Å². The third-order valence-electron chi connectivity index (χ3n) is 3.61. The molecule has 1 aliphatic heterocycles. The van der Waals surface area contributed by atoms with Gasteiger partial charge in [-0.3, -0.25) is 4.79 Å². The van der Waals surface area contributed by atoms with Gasteiger partial charge in [-0.15, -0.1) is 0 Å². The van der Waals surface area contributed by atoms with E-state index in [0.29, 0.717) is 25.1 Å². The van der Waals surface area contributed by atoms with Crippen molar-refractivity contribution in [1.82, 2.24) is 4.31 Å². The molecule has 1 atom stereocenters. The first kappa shape index (κ1) is 15.9. The zero-order chi connectivity index (χ0) is 15.5. The number of carbonyl (C=O) groups excluding carboxylic acids is 1. The van der Waals surface area contributed by atoms with Crippen LogP contribution in [0.25, 0.3) is 0 Å². The number of nitrogens with one attached hydrogen (secondary N) is 1. The number of nitrogens with zero attached hydrogens (tertiary/aromatic N) is 1. The monoisotopic (exact) mass is 314 g/mol. The molecule has 1 amide bonds. The Balaban J connectivity index is 2.02. The molecule has 116 valence electrons. The summed E-state index contributed by atoms with van der Waals surface area (Å²) in [6.45, 7) is 2.24. The Hall–Kier alpha value is -1.47. The molecule has 1 saturated heterocycles. The molecule has 1 fully saturated rings. The van der Waals surface area contributed by atoms with Gasteiger partial charge in [-0.25, -0.2) is 17.1 Å². The summed E-state index contributed by atoms with van der Waals surface area (Å²) in [7, 11) is -3.27. The highest BCUT2D eigenvalue weighted by molar-refractivity contribution is 7.89. The molecule has 2 rings (SSSR count). The van der Waals surface area contributed by atoms with E-state index in [1.54, 1.807) is 13.0 Å². The van der Waals surface area contributed by atoms with Gasteiger partial charge in [-0.05, 0) is 38.0 Å². The van der Waals surface area contributed by atoms with Crippen LogP contribution in [0.4, 0.5) is 10.1 Å². The van der Waals surface area contributed by atoms with E-state index in [0.717, 1.165) is 0 Å². The summed E-state index contributed by atoms with van der Waals surface area (Å²) in [5, 5.41) is 2.64. The van der Waals surface area contributed by atoms with Crippen LogP contribution in [0.5, 0.6) is 0 Å². The second-order valence-corrected chi connectivity index (χ2v) is 7.35. The maximum absolute atomic E-state index is 13.1. The average Bonchev–Trinajstić information content (AvgIpc) is 2.47. The lowest BCUT2D eigenvalue weighted by atomic mass is 9.99. The van der Waals surface area contributed by atoms with E-state index in [1.165, 1.54) is 22.5 Å². The van der Waals surface area contributed by atoms with Crippen LogP contribution in [0.2, 0.25) is 0 Å². The van der Waals surface area contributed by atoms with Crippen molar-refractivity contribution >= 4 is 21.6 Å². The third kappa shape index (κ3) is 4.01. The number of carbonyl (C=O) groups is 1. The van der Waals surface area contributed by atoms with Crippen molar-refractivity contribution in [3.05, 3.63) is 30.1 Å². The molecule has 5 nitrogen and oxygen atoms in total. The van der Waals surface area contributed by atoms with Gasteiger partial charge in [-0.2, -0.15) is 0 Å². The summed E-state index contributed by atoms with van der Waals surface area (Å²) in [6.07, 6.45) is 1.29. The van der Waals surface area contributed by atoms with Crippen LogP contribution < -0.4 is 5.32 Å². The maximum atomic E-state index is 13.1. The predicted octanol–water partition coefficient (Wildman–Crippen LogP) is 1.83. The van der Waals surface area contributed by atoms with Gasteiger partial charge in [0.2, 0.25) is 15.9 Å². The van der Waals surface area contributed by atoms with Gasteiger partial charge in [0.05, 0.1) is 11.7 Å². The van der Waals surface area contributed by atoms with E-state index in [4.69, 9.17) is 0 Å². The molecule has 0 bridgehead atoms. The first-order valence-corrected chi connectivity index (χ1v) is 8.57. The van der Waals surface area contributed by atoms with Crippen LogP contribution in [0.3, 0.4) is 0 Å². The summed E-state index contributed by atoms with van der Waals surface area (Å²) in [5.74, 6) is -1.06. The van der Waals surface area contributed by atoms with Crippen molar-refractivity contribution in [3.63, 3.8) is 0 Å². The summed E-state index contributed by atoms with van der Waals surface area (Å²) < 4.78 is 38.2. The van der Waals surface area contributed by atoms with E-state index >= 15 is 0 Å². The Labute approximate surface area is 124 Å². The summed E-state index contributed by atoms with van der Waals surface area (Å²) in [5.41, 5.74) is 0.385. The van der Waals surface area contributed by atoms with Crippen LogP contribution in [-0.2, 0) is 14.8 Å². The fraction of sp³-hybridized carbons (Fsp3) is 0.500. The Morgan fingerprint density at radius 3 is 2.90 bits per heavy atom. The van der Waals surface area contributed by atoms with Crippen molar-refractivity contribution in [2.75, 3.05) is 24.2 Å². The molecule has 1 heterocycles. The molecule has 0 aromatic heterocycles. The Morgan fingerprint density at radius 2 is 2.24 bits per heavy atom.